The van der Waals surface area contributed by atoms with E-state index < -0.39 is 12.1 Å². The molecule has 2 aliphatic heterocycles. The zero-order valence-corrected chi connectivity index (χ0v) is 14.0. The smallest absolute Gasteiger partial charge is 0.246 e. The lowest BCUT2D eigenvalue weighted by atomic mass is 9.98. The third-order valence-corrected chi connectivity index (χ3v) is 5.12. The Hall–Kier alpha value is -2.83. The van der Waals surface area contributed by atoms with Gasteiger partial charge in [-0.2, -0.15) is 0 Å². The molecule has 2 saturated heterocycles. The molecular formula is C18H20N4O3. The Morgan fingerprint density at radius 1 is 1.24 bits per heavy atom. The second kappa shape index (κ2) is 5.91. The van der Waals surface area contributed by atoms with Crippen LogP contribution < -0.4 is 5.32 Å². The molecular weight excluding hydrogens is 320 g/mol. The minimum absolute atomic E-state index is 0.0687. The van der Waals surface area contributed by atoms with E-state index in [0.717, 1.165) is 16.5 Å². The van der Waals surface area contributed by atoms with Gasteiger partial charge in [-0.15, -0.1) is 0 Å². The Labute approximate surface area is 145 Å². The lowest BCUT2D eigenvalue weighted by Gasteiger charge is -2.45. The molecule has 3 heterocycles. The first-order valence-corrected chi connectivity index (χ1v) is 8.46. The largest absolute Gasteiger partial charge is 0.361 e. The number of hydrogen-bond acceptors (Lipinski definition) is 3. The zero-order valence-electron chi connectivity index (χ0n) is 14.0. The number of carbonyl (C=O) groups excluding carboxylic acids is 3. The van der Waals surface area contributed by atoms with Crippen molar-refractivity contribution in [1.29, 1.82) is 0 Å². The molecule has 2 aromatic rings. The molecule has 7 heteroatoms. The number of fused-ring (bicyclic) bond motifs is 2. The molecule has 0 saturated carbocycles. The Morgan fingerprint density at radius 2 is 2.04 bits per heavy atom. The molecule has 0 aliphatic carbocycles. The van der Waals surface area contributed by atoms with E-state index in [4.69, 9.17) is 0 Å². The summed E-state index contributed by atoms with van der Waals surface area (Å²) in [5.41, 5.74) is 2.02. The van der Waals surface area contributed by atoms with Crippen molar-refractivity contribution in [1.82, 2.24) is 20.1 Å². The van der Waals surface area contributed by atoms with E-state index in [-0.39, 0.29) is 24.3 Å². The fourth-order valence-corrected chi connectivity index (χ4v) is 3.75. The summed E-state index contributed by atoms with van der Waals surface area (Å²) < 4.78 is 0. The third kappa shape index (κ3) is 2.65. The average Bonchev–Trinajstić information content (AvgIpc) is 3.02. The number of carbonyl (C=O) groups is 3. The molecule has 0 radical (unpaired) electrons. The van der Waals surface area contributed by atoms with Gasteiger partial charge in [-0.1, -0.05) is 18.2 Å². The Morgan fingerprint density at radius 3 is 2.84 bits per heavy atom. The monoisotopic (exact) mass is 340 g/mol. The molecule has 2 N–H and O–H groups in total. The Bertz CT molecular complexity index is 859. The fourth-order valence-electron chi connectivity index (χ4n) is 3.75. The highest BCUT2D eigenvalue weighted by molar-refractivity contribution is 5.98. The van der Waals surface area contributed by atoms with Gasteiger partial charge < -0.3 is 20.1 Å². The van der Waals surface area contributed by atoms with Crippen molar-refractivity contribution in [3.63, 3.8) is 0 Å². The SMILES string of the molecule is CC(=O)N1CCN2C(=O)[C@H](Cc3c[nH]c4ccccc34)NC(=O)[C@H]2C1. The van der Waals surface area contributed by atoms with Crippen LogP contribution in [0.3, 0.4) is 0 Å². The van der Waals surface area contributed by atoms with Crippen LogP contribution in [0.15, 0.2) is 30.5 Å². The molecule has 0 spiro atoms. The minimum atomic E-state index is -0.579. The summed E-state index contributed by atoms with van der Waals surface area (Å²) in [6.45, 7) is 2.64. The quantitative estimate of drug-likeness (QED) is 0.823. The van der Waals surface area contributed by atoms with Crippen LogP contribution in [-0.2, 0) is 20.8 Å². The predicted molar refractivity (Wildman–Crippen MR) is 91.7 cm³/mol. The molecule has 130 valence electrons. The second-order valence-corrected chi connectivity index (χ2v) is 6.64. The lowest BCUT2D eigenvalue weighted by molar-refractivity contribution is -0.155. The van der Waals surface area contributed by atoms with Crippen LogP contribution in [-0.4, -0.2) is 64.2 Å². The summed E-state index contributed by atoms with van der Waals surface area (Å²) in [4.78, 5) is 43.3. The van der Waals surface area contributed by atoms with Gasteiger partial charge in [0, 0.05) is 43.5 Å². The maximum atomic E-state index is 12.8. The van der Waals surface area contributed by atoms with Crippen LogP contribution in [0, 0.1) is 0 Å². The van der Waals surface area contributed by atoms with Crippen molar-refractivity contribution in [3.05, 3.63) is 36.0 Å². The Kier molecular flexibility index (Phi) is 3.71. The van der Waals surface area contributed by atoms with E-state index in [1.54, 1.807) is 9.80 Å². The summed E-state index contributed by atoms with van der Waals surface area (Å²) in [5, 5.41) is 3.91. The first-order valence-electron chi connectivity index (χ1n) is 8.46. The molecule has 2 atom stereocenters. The van der Waals surface area contributed by atoms with Crippen LogP contribution in [0.4, 0.5) is 0 Å². The third-order valence-electron chi connectivity index (χ3n) is 5.12. The van der Waals surface area contributed by atoms with Gasteiger partial charge in [-0.25, -0.2) is 0 Å². The number of rotatable bonds is 2. The van der Waals surface area contributed by atoms with Gasteiger partial charge in [0.15, 0.2) is 0 Å². The second-order valence-electron chi connectivity index (χ2n) is 6.64. The molecule has 2 fully saturated rings. The van der Waals surface area contributed by atoms with E-state index in [9.17, 15) is 14.4 Å². The molecule has 7 nitrogen and oxygen atoms in total. The summed E-state index contributed by atoms with van der Waals surface area (Å²) in [5.74, 6) is -0.325. The lowest BCUT2D eigenvalue weighted by Crippen LogP contribution is -2.69. The molecule has 25 heavy (non-hydrogen) atoms. The van der Waals surface area contributed by atoms with Gasteiger partial charge in [0.25, 0.3) is 0 Å². The van der Waals surface area contributed by atoms with Crippen molar-refractivity contribution in [3.8, 4) is 0 Å². The number of amides is 3. The van der Waals surface area contributed by atoms with Gasteiger partial charge in [0.05, 0.1) is 6.54 Å². The average molecular weight is 340 g/mol. The predicted octanol–water partition coefficient (Wildman–Crippen LogP) is 0.268. The summed E-state index contributed by atoms with van der Waals surface area (Å²) in [6, 6.07) is 6.76. The van der Waals surface area contributed by atoms with Crippen LogP contribution in [0.1, 0.15) is 12.5 Å². The number of aromatic nitrogens is 1. The highest BCUT2D eigenvalue weighted by atomic mass is 16.2. The summed E-state index contributed by atoms with van der Waals surface area (Å²) in [6.07, 6.45) is 2.35. The van der Waals surface area contributed by atoms with Crippen LogP contribution in [0.25, 0.3) is 10.9 Å². The Balaban J connectivity index is 1.54. The number of nitrogens with zero attached hydrogens (tertiary/aromatic N) is 2. The topological polar surface area (TPSA) is 85.5 Å². The van der Waals surface area contributed by atoms with Gasteiger partial charge in [-0.05, 0) is 11.6 Å². The van der Waals surface area contributed by atoms with E-state index in [0.29, 0.717) is 19.5 Å². The highest BCUT2D eigenvalue weighted by Crippen LogP contribution is 2.22. The first kappa shape index (κ1) is 15.7. The normalized spacial score (nSPS) is 23.6. The number of nitrogens with one attached hydrogen (secondary N) is 2. The number of piperazine rings is 2. The van der Waals surface area contributed by atoms with Crippen molar-refractivity contribution in [2.24, 2.45) is 0 Å². The highest BCUT2D eigenvalue weighted by Gasteiger charge is 2.43. The number of para-hydroxylation sites is 1. The van der Waals surface area contributed by atoms with Gasteiger partial charge in [0.2, 0.25) is 17.7 Å². The molecule has 4 rings (SSSR count). The van der Waals surface area contributed by atoms with Crippen LogP contribution in [0.2, 0.25) is 0 Å². The minimum Gasteiger partial charge on any atom is -0.361 e. The summed E-state index contributed by atoms with van der Waals surface area (Å²) >= 11 is 0. The fraction of sp³-hybridized carbons (Fsp3) is 0.389. The van der Waals surface area contributed by atoms with Crippen molar-refractivity contribution >= 4 is 28.6 Å². The van der Waals surface area contributed by atoms with E-state index in [1.165, 1.54) is 6.92 Å². The van der Waals surface area contributed by atoms with Gasteiger partial charge in [-0.3, -0.25) is 14.4 Å². The van der Waals surface area contributed by atoms with Crippen LogP contribution in [0.5, 0.6) is 0 Å². The van der Waals surface area contributed by atoms with Crippen molar-refractivity contribution in [2.75, 3.05) is 19.6 Å². The maximum absolute atomic E-state index is 12.8. The number of benzene rings is 1. The van der Waals surface area contributed by atoms with E-state index in [1.807, 2.05) is 30.5 Å². The molecule has 0 bridgehead atoms. The molecule has 1 aromatic heterocycles. The molecule has 0 unspecified atom stereocenters. The number of aromatic amines is 1. The van der Waals surface area contributed by atoms with Crippen LogP contribution >= 0.6 is 0 Å². The van der Waals surface area contributed by atoms with Crippen molar-refractivity contribution < 1.29 is 14.4 Å². The number of H-pyrrole nitrogens is 1. The molecule has 2 aliphatic rings. The van der Waals surface area contributed by atoms with Gasteiger partial charge >= 0.3 is 0 Å². The standard InChI is InChI=1S/C18H20N4O3/c1-11(23)21-6-7-22-16(10-21)17(24)20-15(18(22)25)8-12-9-19-14-5-3-2-4-13(12)14/h2-5,9,15-16,19H,6-8,10H2,1H3,(H,20,24)/t15-,16+/m0/s1. The number of hydrogen-bond donors (Lipinski definition) is 2. The maximum Gasteiger partial charge on any atom is 0.246 e. The van der Waals surface area contributed by atoms with Gasteiger partial charge in [0.1, 0.15) is 12.1 Å². The molecule has 1 aromatic carbocycles. The summed E-state index contributed by atoms with van der Waals surface area (Å²) in [7, 11) is 0. The zero-order chi connectivity index (χ0) is 17.6. The van der Waals surface area contributed by atoms with E-state index in [2.05, 4.69) is 10.3 Å². The van der Waals surface area contributed by atoms with E-state index >= 15 is 0 Å². The molecule has 3 amide bonds. The first-order chi connectivity index (χ1) is 12.0. The van der Waals surface area contributed by atoms with Crippen molar-refractivity contribution in [2.45, 2.75) is 25.4 Å².